The molecule has 0 fully saturated rings. The minimum atomic E-state index is -0.418. The number of fused-ring (bicyclic) bond motifs is 3. The summed E-state index contributed by atoms with van der Waals surface area (Å²) in [5, 5.41) is 22.8. The second-order valence-corrected chi connectivity index (χ2v) is 9.59. The summed E-state index contributed by atoms with van der Waals surface area (Å²) in [4.78, 5) is 30.8. The number of aliphatic hydroxyl groups is 1. The highest BCUT2D eigenvalue weighted by atomic mass is 35.5. The summed E-state index contributed by atoms with van der Waals surface area (Å²) in [5.74, 6) is -0.327. The van der Waals surface area contributed by atoms with Gasteiger partial charge in [-0.15, -0.1) is 11.3 Å². The quantitative estimate of drug-likeness (QED) is 0.484. The maximum atomic E-state index is 13.5. The second kappa shape index (κ2) is 7.99. The number of rotatable bonds is 3. The Morgan fingerprint density at radius 3 is 2.76 bits per heavy atom. The van der Waals surface area contributed by atoms with Gasteiger partial charge in [-0.25, -0.2) is 9.78 Å². The van der Waals surface area contributed by atoms with E-state index in [1.54, 1.807) is 30.6 Å². The van der Waals surface area contributed by atoms with Crippen molar-refractivity contribution in [2.45, 2.75) is 18.9 Å². The van der Waals surface area contributed by atoms with E-state index in [1.807, 2.05) is 10.6 Å². The molecule has 3 aromatic heterocycles. The normalized spacial score (nSPS) is 17.8. The Hall–Kier alpha value is -3.19. The number of hydrogen-bond donors (Lipinski definition) is 1. The molecule has 0 amide bonds. The molecule has 2 atom stereocenters. The summed E-state index contributed by atoms with van der Waals surface area (Å²) in [5.41, 5.74) is 2.34. The second-order valence-electron chi connectivity index (χ2n) is 8.31. The molecule has 8 nitrogen and oxygen atoms in total. The molecule has 4 heterocycles. The summed E-state index contributed by atoms with van der Waals surface area (Å²) >= 11 is 7.55. The Labute approximate surface area is 197 Å². The predicted octanol–water partition coefficient (Wildman–Crippen LogP) is 2.83. The van der Waals surface area contributed by atoms with Crippen molar-refractivity contribution in [3.8, 4) is 17.3 Å². The van der Waals surface area contributed by atoms with Crippen LogP contribution in [-0.2, 0) is 20.6 Å². The number of nitriles is 1. The van der Waals surface area contributed by atoms with Gasteiger partial charge in [0, 0.05) is 44.1 Å². The Morgan fingerprint density at radius 2 is 2.09 bits per heavy atom. The highest BCUT2D eigenvalue weighted by Gasteiger charge is 2.37. The monoisotopic (exact) mass is 481 g/mol. The van der Waals surface area contributed by atoms with E-state index in [0.717, 1.165) is 15.3 Å². The van der Waals surface area contributed by atoms with Crippen LogP contribution in [0.5, 0.6) is 0 Å². The van der Waals surface area contributed by atoms with E-state index in [4.69, 9.17) is 11.6 Å². The topological polar surface area (TPSA) is 106 Å². The highest BCUT2D eigenvalue weighted by molar-refractivity contribution is 7.10. The first-order valence-corrected chi connectivity index (χ1v) is 11.7. The van der Waals surface area contributed by atoms with Crippen LogP contribution in [0.25, 0.3) is 22.2 Å². The molecule has 0 radical (unpaired) electrons. The molecule has 0 spiro atoms. The zero-order valence-corrected chi connectivity index (χ0v) is 19.5. The van der Waals surface area contributed by atoms with Gasteiger partial charge in [0.25, 0.3) is 5.56 Å². The lowest BCUT2D eigenvalue weighted by molar-refractivity contribution is 0.186. The van der Waals surface area contributed by atoms with Crippen LogP contribution in [0.3, 0.4) is 0 Å². The predicted molar refractivity (Wildman–Crippen MR) is 127 cm³/mol. The molecule has 1 aliphatic heterocycles. The fourth-order valence-electron chi connectivity index (χ4n) is 4.87. The molecule has 10 heteroatoms. The van der Waals surface area contributed by atoms with E-state index >= 15 is 0 Å². The lowest BCUT2D eigenvalue weighted by Gasteiger charge is -2.31. The van der Waals surface area contributed by atoms with Gasteiger partial charge in [0.2, 0.25) is 0 Å². The SMILES string of the molecule is Cn1c(=O)c2c(-c3cccc(C#N)c3)n3c(c2n(C)c1=O)[C@@H](c1nc(Cl)cs1)C[C@H](CO)C3. The number of aryl methyl sites for hydroxylation is 1. The van der Waals surface area contributed by atoms with Crippen LogP contribution in [0.1, 0.15) is 28.6 Å². The third-order valence-corrected chi connectivity index (χ3v) is 7.64. The van der Waals surface area contributed by atoms with E-state index in [9.17, 15) is 20.0 Å². The molecule has 33 heavy (non-hydrogen) atoms. The van der Waals surface area contributed by atoms with Gasteiger partial charge in [0.1, 0.15) is 10.2 Å². The Bertz CT molecular complexity index is 1570. The Balaban J connectivity index is 1.97. The largest absolute Gasteiger partial charge is 0.396 e. The lowest BCUT2D eigenvalue weighted by Crippen LogP contribution is -2.37. The first-order chi connectivity index (χ1) is 15.8. The molecule has 4 aromatic rings. The fourth-order valence-corrected chi connectivity index (χ4v) is 5.94. The molecule has 5 rings (SSSR count). The van der Waals surface area contributed by atoms with Gasteiger partial charge in [0.05, 0.1) is 39.8 Å². The summed E-state index contributed by atoms with van der Waals surface area (Å²) in [6.45, 7) is 0.442. The average molecular weight is 482 g/mol. The van der Waals surface area contributed by atoms with Gasteiger partial charge in [-0.3, -0.25) is 13.9 Å². The molecule has 1 N–H and O–H groups in total. The van der Waals surface area contributed by atoms with Crippen molar-refractivity contribution in [1.29, 1.82) is 5.26 Å². The minimum absolute atomic E-state index is 0.0296. The molecule has 1 aromatic carbocycles. The van der Waals surface area contributed by atoms with Gasteiger partial charge >= 0.3 is 5.69 Å². The van der Waals surface area contributed by atoms with Crippen LogP contribution in [0, 0.1) is 17.2 Å². The van der Waals surface area contributed by atoms with Crippen molar-refractivity contribution in [2.24, 2.45) is 20.0 Å². The van der Waals surface area contributed by atoms with Crippen LogP contribution in [0.15, 0.2) is 39.2 Å². The summed E-state index contributed by atoms with van der Waals surface area (Å²) < 4.78 is 4.62. The van der Waals surface area contributed by atoms with Gasteiger partial charge in [-0.2, -0.15) is 5.26 Å². The van der Waals surface area contributed by atoms with E-state index in [1.165, 1.54) is 23.0 Å². The first kappa shape index (κ1) is 21.6. The first-order valence-electron chi connectivity index (χ1n) is 10.4. The highest BCUT2D eigenvalue weighted by Crippen LogP contribution is 2.45. The fraction of sp³-hybridized carbons (Fsp3) is 0.304. The molecular weight excluding hydrogens is 462 g/mol. The van der Waals surface area contributed by atoms with Gasteiger partial charge in [-0.1, -0.05) is 23.7 Å². The van der Waals surface area contributed by atoms with Gasteiger partial charge in [-0.05, 0) is 18.6 Å². The maximum absolute atomic E-state index is 13.5. The van der Waals surface area contributed by atoms with Crippen LogP contribution in [0.4, 0.5) is 0 Å². The molecule has 0 aliphatic carbocycles. The smallest absolute Gasteiger partial charge is 0.331 e. The standard InChI is InChI=1S/C23H20ClN5O3S/c1-27-20-17(22(31)28(2)23(27)32)18(14-5-3-4-12(6-14)8-25)29-9-13(10-30)7-15(19(20)29)21-26-16(24)11-33-21/h3-6,11,13,15,30H,7,9-10H2,1-2H3/t13-,15-/m0/s1. The van der Waals surface area contributed by atoms with Crippen molar-refractivity contribution in [3.63, 3.8) is 0 Å². The van der Waals surface area contributed by atoms with Crippen molar-refractivity contribution in [2.75, 3.05) is 6.61 Å². The van der Waals surface area contributed by atoms with E-state index < -0.39 is 11.2 Å². The summed E-state index contributed by atoms with van der Waals surface area (Å²) in [7, 11) is 3.12. The van der Waals surface area contributed by atoms with Crippen LogP contribution >= 0.6 is 22.9 Å². The van der Waals surface area contributed by atoms with Crippen LogP contribution in [-0.4, -0.2) is 30.4 Å². The van der Waals surface area contributed by atoms with Gasteiger partial charge < -0.3 is 9.67 Å². The molecular formula is C23H20ClN5O3S. The summed E-state index contributed by atoms with van der Waals surface area (Å²) in [6, 6.07) is 9.22. The average Bonchev–Trinajstić information content (AvgIpc) is 3.42. The van der Waals surface area contributed by atoms with Crippen LogP contribution < -0.4 is 11.2 Å². The van der Waals surface area contributed by atoms with Crippen molar-refractivity contribution >= 4 is 33.8 Å². The number of aliphatic hydroxyl groups excluding tert-OH is 1. The van der Waals surface area contributed by atoms with Crippen LogP contribution in [0.2, 0.25) is 5.15 Å². The molecule has 0 saturated heterocycles. The zero-order chi connectivity index (χ0) is 23.4. The van der Waals surface area contributed by atoms with E-state index in [2.05, 4.69) is 11.1 Å². The van der Waals surface area contributed by atoms with Gasteiger partial charge in [0.15, 0.2) is 0 Å². The number of hydrogen-bond acceptors (Lipinski definition) is 6. The number of benzene rings is 1. The van der Waals surface area contributed by atoms with Crippen molar-refractivity contribution in [1.82, 2.24) is 18.7 Å². The minimum Gasteiger partial charge on any atom is -0.396 e. The molecule has 168 valence electrons. The summed E-state index contributed by atoms with van der Waals surface area (Å²) in [6.07, 6.45) is 0.612. The molecule has 1 aliphatic rings. The van der Waals surface area contributed by atoms with Crippen molar-refractivity contribution < 1.29 is 5.11 Å². The molecule has 0 saturated carbocycles. The zero-order valence-electron chi connectivity index (χ0n) is 17.9. The Kier molecular flexibility index (Phi) is 5.24. The maximum Gasteiger partial charge on any atom is 0.331 e. The number of aromatic nitrogens is 4. The van der Waals surface area contributed by atoms with E-state index in [-0.39, 0.29) is 18.4 Å². The molecule has 0 bridgehead atoms. The third kappa shape index (κ3) is 3.25. The number of halogens is 1. The van der Waals surface area contributed by atoms with E-state index in [0.29, 0.717) is 45.8 Å². The Morgan fingerprint density at radius 1 is 1.30 bits per heavy atom. The number of thiazole rings is 1. The molecule has 0 unspecified atom stereocenters. The van der Waals surface area contributed by atoms with Crippen molar-refractivity contribution in [3.05, 3.63) is 71.9 Å². The lowest BCUT2D eigenvalue weighted by atomic mass is 9.88. The third-order valence-electron chi connectivity index (χ3n) is 6.36. The number of nitrogens with zero attached hydrogens (tertiary/aromatic N) is 5.